The van der Waals surface area contributed by atoms with Gasteiger partial charge in [0.1, 0.15) is 5.82 Å². The van der Waals surface area contributed by atoms with Gasteiger partial charge in [-0.15, -0.1) is 0 Å². The molecule has 5 nitrogen and oxygen atoms in total. The van der Waals surface area contributed by atoms with E-state index in [9.17, 15) is 17.4 Å². The van der Waals surface area contributed by atoms with Crippen molar-refractivity contribution < 1.29 is 21.9 Å². The first-order valence-electron chi connectivity index (χ1n) is 6.64. The normalized spacial score (nSPS) is 13.0. The van der Waals surface area contributed by atoms with Crippen molar-refractivity contribution in [3.05, 3.63) is 60.7 Å². The van der Waals surface area contributed by atoms with E-state index in [0.717, 1.165) is 6.20 Å². The molecule has 124 valence electrons. The number of nitrogens with zero attached hydrogens (tertiary/aromatic N) is 3. The molecule has 0 spiro atoms. The molecule has 1 unspecified atom stereocenters. The number of hydrogen-bond donors (Lipinski definition) is 1. The summed E-state index contributed by atoms with van der Waals surface area (Å²) in [6.07, 6.45) is -0.787. The average Bonchev–Trinajstić information content (AvgIpc) is 3.01. The lowest BCUT2D eigenvalue weighted by atomic mass is 10.2. The molecule has 24 heavy (non-hydrogen) atoms. The van der Waals surface area contributed by atoms with Crippen LogP contribution in [0.2, 0.25) is 0 Å². The number of benzene rings is 1. The fraction of sp³-hybridized carbons (Fsp3) is 0.0667. The SMILES string of the molecule is O=S(O)c1ccc(-n2cc(C(F)(F)F)nc2-c2cccnc2)cc1. The Hall–Kier alpha value is -2.52. The Bertz CT molecular complexity index is 877. The summed E-state index contributed by atoms with van der Waals surface area (Å²) in [6, 6.07) is 8.83. The van der Waals surface area contributed by atoms with Crippen LogP contribution in [0.3, 0.4) is 0 Å². The van der Waals surface area contributed by atoms with Crippen LogP contribution in [0.5, 0.6) is 0 Å². The highest BCUT2D eigenvalue weighted by Gasteiger charge is 2.35. The standard InChI is InChI=1S/C15H10F3N3O2S/c16-15(17,18)13-9-21(11-3-5-12(6-4-11)24(22)23)14(20-13)10-2-1-7-19-8-10/h1-9H,(H,22,23). The van der Waals surface area contributed by atoms with Crippen molar-refractivity contribution >= 4 is 11.1 Å². The summed E-state index contributed by atoms with van der Waals surface area (Å²) < 4.78 is 60.4. The Balaban J connectivity index is 2.15. The molecule has 0 aliphatic heterocycles. The Labute approximate surface area is 137 Å². The van der Waals surface area contributed by atoms with Crippen molar-refractivity contribution in [1.82, 2.24) is 14.5 Å². The molecule has 1 atom stereocenters. The predicted octanol–water partition coefficient (Wildman–Crippen LogP) is 3.53. The van der Waals surface area contributed by atoms with E-state index in [-0.39, 0.29) is 10.7 Å². The van der Waals surface area contributed by atoms with Crippen LogP contribution in [-0.4, -0.2) is 23.3 Å². The van der Waals surface area contributed by atoms with Gasteiger partial charge in [-0.05, 0) is 36.4 Å². The minimum Gasteiger partial charge on any atom is -0.302 e. The van der Waals surface area contributed by atoms with Crippen molar-refractivity contribution in [2.45, 2.75) is 11.1 Å². The van der Waals surface area contributed by atoms with E-state index in [0.29, 0.717) is 11.3 Å². The van der Waals surface area contributed by atoms with Crippen molar-refractivity contribution in [2.24, 2.45) is 0 Å². The molecule has 1 N–H and O–H groups in total. The predicted molar refractivity (Wildman–Crippen MR) is 80.8 cm³/mol. The van der Waals surface area contributed by atoms with E-state index in [1.54, 1.807) is 12.1 Å². The van der Waals surface area contributed by atoms with E-state index in [2.05, 4.69) is 9.97 Å². The van der Waals surface area contributed by atoms with Crippen LogP contribution < -0.4 is 0 Å². The molecule has 1 aromatic carbocycles. The first-order valence-corrected chi connectivity index (χ1v) is 7.75. The molecular weight excluding hydrogens is 343 g/mol. The summed E-state index contributed by atoms with van der Waals surface area (Å²) in [5.74, 6) is 0.0771. The molecule has 0 aliphatic rings. The summed E-state index contributed by atoms with van der Waals surface area (Å²) >= 11 is -2.16. The van der Waals surface area contributed by atoms with Gasteiger partial charge in [-0.2, -0.15) is 13.2 Å². The highest BCUT2D eigenvalue weighted by Crippen LogP contribution is 2.32. The maximum Gasteiger partial charge on any atom is 0.434 e. The monoisotopic (exact) mass is 353 g/mol. The number of pyridine rings is 1. The molecule has 0 fully saturated rings. The van der Waals surface area contributed by atoms with Gasteiger partial charge in [-0.1, -0.05) is 0 Å². The van der Waals surface area contributed by atoms with Crippen LogP contribution in [0.1, 0.15) is 5.69 Å². The Morgan fingerprint density at radius 3 is 2.38 bits per heavy atom. The number of halogens is 3. The summed E-state index contributed by atoms with van der Waals surface area (Å²) in [7, 11) is 0. The van der Waals surface area contributed by atoms with Gasteiger partial charge in [0.05, 0.1) is 4.90 Å². The van der Waals surface area contributed by atoms with E-state index in [4.69, 9.17) is 4.55 Å². The number of imidazole rings is 1. The summed E-state index contributed by atoms with van der Waals surface area (Å²) in [5, 5.41) is 0. The third-order valence-corrected chi connectivity index (χ3v) is 3.91. The first kappa shape index (κ1) is 16.3. The molecule has 0 saturated heterocycles. The molecule has 0 radical (unpaired) electrons. The highest BCUT2D eigenvalue weighted by atomic mass is 32.2. The van der Waals surface area contributed by atoms with Crippen LogP contribution in [0.4, 0.5) is 13.2 Å². The van der Waals surface area contributed by atoms with E-state index in [1.807, 2.05) is 0 Å². The lowest BCUT2D eigenvalue weighted by Gasteiger charge is -2.08. The summed E-state index contributed by atoms with van der Waals surface area (Å²) in [6.45, 7) is 0. The number of rotatable bonds is 3. The second-order valence-corrected chi connectivity index (χ2v) is 5.77. The minimum atomic E-state index is -4.59. The Morgan fingerprint density at radius 1 is 1.12 bits per heavy atom. The van der Waals surface area contributed by atoms with Gasteiger partial charge in [0.2, 0.25) is 0 Å². The highest BCUT2D eigenvalue weighted by molar-refractivity contribution is 7.79. The quantitative estimate of drug-likeness (QED) is 0.732. The maximum atomic E-state index is 13.0. The molecule has 9 heteroatoms. The molecule has 0 amide bonds. The molecule has 2 heterocycles. The van der Waals surface area contributed by atoms with Gasteiger partial charge in [0.15, 0.2) is 16.8 Å². The van der Waals surface area contributed by atoms with Crippen LogP contribution >= 0.6 is 0 Å². The largest absolute Gasteiger partial charge is 0.434 e. The van der Waals surface area contributed by atoms with Crippen molar-refractivity contribution in [1.29, 1.82) is 0 Å². The molecule has 0 aliphatic carbocycles. The van der Waals surface area contributed by atoms with Crippen LogP contribution in [-0.2, 0) is 17.3 Å². The zero-order valence-electron chi connectivity index (χ0n) is 11.9. The molecular formula is C15H10F3N3O2S. The average molecular weight is 353 g/mol. The lowest BCUT2D eigenvalue weighted by Crippen LogP contribution is -2.05. The molecule has 0 saturated carbocycles. The van der Waals surface area contributed by atoms with E-state index in [1.165, 1.54) is 41.2 Å². The topological polar surface area (TPSA) is 68.0 Å². The van der Waals surface area contributed by atoms with Crippen molar-refractivity contribution in [2.75, 3.05) is 0 Å². The van der Waals surface area contributed by atoms with Gasteiger partial charge < -0.3 is 4.55 Å². The number of hydrogen-bond acceptors (Lipinski definition) is 3. The molecule has 3 aromatic rings. The second-order valence-electron chi connectivity index (χ2n) is 4.80. The van der Waals surface area contributed by atoms with Gasteiger partial charge >= 0.3 is 6.18 Å². The van der Waals surface area contributed by atoms with Gasteiger partial charge in [-0.25, -0.2) is 9.19 Å². The van der Waals surface area contributed by atoms with Gasteiger partial charge in [0.25, 0.3) is 0 Å². The second kappa shape index (κ2) is 6.17. The summed E-state index contributed by atoms with van der Waals surface area (Å²) in [5.41, 5.74) is -0.231. The van der Waals surface area contributed by atoms with E-state index < -0.39 is 23.0 Å². The maximum absolute atomic E-state index is 13.0. The van der Waals surface area contributed by atoms with Crippen LogP contribution in [0.15, 0.2) is 59.9 Å². The Morgan fingerprint density at radius 2 is 1.83 bits per heavy atom. The molecule has 2 aromatic heterocycles. The summed E-state index contributed by atoms with van der Waals surface area (Å²) in [4.78, 5) is 7.72. The smallest absolute Gasteiger partial charge is 0.302 e. The third-order valence-electron chi connectivity index (χ3n) is 3.23. The van der Waals surface area contributed by atoms with E-state index >= 15 is 0 Å². The number of alkyl halides is 3. The van der Waals surface area contributed by atoms with Gasteiger partial charge in [0, 0.05) is 29.8 Å². The zero-order valence-corrected chi connectivity index (χ0v) is 12.8. The fourth-order valence-corrected chi connectivity index (χ4v) is 2.50. The molecule has 3 rings (SSSR count). The fourth-order valence-electron chi connectivity index (χ4n) is 2.14. The third kappa shape index (κ3) is 3.22. The number of aromatic nitrogens is 3. The van der Waals surface area contributed by atoms with Crippen LogP contribution in [0, 0.1) is 0 Å². The van der Waals surface area contributed by atoms with Crippen LogP contribution in [0.25, 0.3) is 17.1 Å². The lowest BCUT2D eigenvalue weighted by molar-refractivity contribution is -0.140. The Kier molecular flexibility index (Phi) is 4.20. The van der Waals surface area contributed by atoms with Crippen molar-refractivity contribution in [3.8, 4) is 17.1 Å². The van der Waals surface area contributed by atoms with Gasteiger partial charge in [-0.3, -0.25) is 9.55 Å². The van der Waals surface area contributed by atoms with Crippen molar-refractivity contribution in [3.63, 3.8) is 0 Å². The zero-order chi connectivity index (χ0) is 17.3. The first-order chi connectivity index (χ1) is 11.4. The molecule has 0 bridgehead atoms. The minimum absolute atomic E-state index is 0.0771.